The standard InChI is InChI=1S/C18H19NO2/c1-12-8-13(2)16-10-18(20)19(17(16)9-12)11-14-4-6-15(21-3)7-5-14/h4-9H,10-11H2,1-3H3. The minimum Gasteiger partial charge on any atom is -0.497 e. The van der Waals surface area contributed by atoms with E-state index in [1.165, 1.54) is 16.7 Å². The van der Waals surface area contributed by atoms with Crippen molar-refractivity contribution >= 4 is 11.6 Å². The molecule has 0 radical (unpaired) electrons. The summed E-state index contributed by atoms with van der Waals surface area (Å²) in [7, 11) is 1.65. The van der Waals surface area contributed by atoms with Crippen LogP contribution in [-0.2, 0) is 17.8 Å². The molecule has 2 aromatic rings. The molecule has 1 aliphatic rings. The van der Waals surface area contributed by atoms with E-state index in [9.17, 15) is 4.79 Å². The lowest BCUT2D eigenvalue weighted by molar-refractivity contribution is -0.117. The molecule has 108 valence electrons. The summed E-state index contributed by atoms with van der Waals surface area (Å²) in [4.78, 5) is 14.2. The molecule has 3 nitrogen and oxygen atoms in total. The SMILES string of the molecule is COc1ccc(CN2C(=O)Cc3c(C)cc(C)cc32)cc1. The molecule has 0 atom stereocenters. The van der Waals surface area contributed by atoms with Crippen LogP contribution in [0.5, 0.6) is 5.75 Å². The normalized spacial score (nSPS) is 13.5. The van der Waals surface area contributed by atoms with Gasteiger partial charge in [0.25, 0.3) is 0 Å². The first-order valence-electron chi connectivity index (χ1n) is 7.12. The van der Waals surface area contributed by atoms with Gasteiger partial charge in [-0.2, -0.15) is 0 Å². The van der Waals surface area contributed by atoms with Crippen molar-refractivity contribution in [3.63, 3.8) is 0 Å². The van der Waals surface area contributed by atoms with Crippen LogP contribution in [0.2, 0.25) is 0 Å². The van der Waals surface area contributed by atoms with E-state index in [0.29, 0.717) is 13.0 Å². The van der Waals surface area contributed by atoms with Gasteiger partial charge in [-0.15, -0.1) is 0 Å². The number of fused-ring (bicyclic) bond motifs is 1. The molecule has 0 spiro atoms. The van der Waals surface area contributed by atoms with Crippen LogP contribution in [0, 0.1) is 13.8 Å². The van der Waals surface area contributed by atoms with Crippen LogP contribution in [0.15, 0.2) is 36.4 Å². The van der Waals surface area contributed by atoms with E-state index in [2.05, 4.69) is 26.0 Å². The topological polar surface area (TPSA) is 29.5 Å². The third kappa shape index (κ3) is 2.51. The number of aryl methyl sites for hydroxylation is 2. The summed E-state index contributed by atoms with van der Waals surface area (Å²) >= 11 is 0. The first kappa shape index (κ1) is 13.7. The highest BCUT2D eigenvalue weighted by Gasteiger charge is 2.28. The van der Waals surface area contributed by atoms with E-state index >= 15 is 0 Å². The number of ether oxygens (including phenoxy) is 1. The Hall–Kier alpha value is -2.29. The van der Waals surface area contributed by atoms with E-state index in [4.69, 9.17) is 4.74 Å². The van der Waals surface area contributed by atoms with Gasteiger partial charge in [-0.1, -0.05) is 18.2 Å². The smallest absolute Gasteiger partial charge is 0.231 e. The van der Waals surface area contributed by atoms with Gasteiger partial charge in [0, 0.05) is 5.69 Å². The second-order valence-corrected chi connectivity index (χ2v) is 5.58. The largest absolute Gasteiger partial charge is 0.497 e. The molecule has 1 aliphatic heterocycles. The predicted octanol–water partition coefficient (Wildman–Crippen LogP) is 3.40. The predicted molar refractivity (Wildman–Crippen MR) is 83.8 cm³/mol. The van der Waals surface area contributed by atoms with Crippen LogP contribution >= 0.6 is 0 Å². The number of amides is 1. The molecule has 0 bridgehead atoms. The second-order valence-electron chi connectivity index (χ2n) is 5.58. The van der Waals surface area contributed by atoms with Gasteiger partial charge in [0.15, 0.2) is 0 Å². The molecular weight excluding hydrogens is 262 g/mol. The van der Waals surface area contributed by atoms with Crippen molar-refractivity contribution < 1.29 is 9.53 Å². The lowest BCUT2D eigenvalue weighted by Gasteiger charge is -2.18. The van der Waals surface area contributed by atoms with Crippen molar-refractivity contribution in [1.29, 1.82) is 0 Å². The number of anilines is 1. The van der Waals surface area contributed by atoms with Gasteiger partial charge < -0.3 is 9.64 Å². The quantitative estimate of drug-likeness (QED) is 0.863. The Labute approximate surface area is 125 Å². The Morgan fingerprint density at radius 1 is 1.14 bits per heavy atom. The molecular formula is C18H19NO2. The fourth-order valence-electron chi connectivity index (χ4n) is 2.91. The van der Waals surface area contributed by atoms with E-state index in [1.54, 1.807) is 7.11 Å². The van der Waals surface area contributed by atoms with Crippen LogP contribution in [0.1, 0.15) is 22.3 Å². The summed E-state index contributed by atoms with van der Waals surface area (Å²) in [6.07, 6.45) is 0.512. The van der Waals surface area contributed by atoms with E-state index in [-0.39, 0.29) is 5.91 Å². The summed E-state index contributed by atoms with van der Waals surface area (Å²) in [6.45, 7) is 4.76. The van der Waals surface area contributed by atoms with Crippen molar-refractivity contribution in [2.75, 3.05) is 12.0 Å². The monoisotopic (exact) mass is 281 g/mol. The number of methoxy groups -OCH3 is 1. The van der Waals surface area contributed by atoms with Crippen molar-refractivity contribution in [2.24, 2.45) is 0 Å². The van der Waals surface area contributed by atoms with Crippen LogP contribution in [-0.4, -0.2) is 13.0 Å². The number of hydrogen-bond donors (Lipinski definition) is 0. The Balaban J connectivity index is 1.91. The first-order chi connectivity index (χ1) is 10.1. The van der Waals surface area contributed by atoms with E-state index < -0.39 is 0 Å². The van der Waals surface area contributed by atoms with Crippen LogP contribution in [0.3, 0.4) is 0 Å². The van der Waals surface area contributed by atoms with Gasteiger partial charge in [-0.25, -0.2) is 0 Å². The minimum absolute atomic E-state index is 0.175. The zero-order chi connectivity index (χ0) is 15.0. The molecule has 0 N–H and O–H groups in total. The van der Waals surface area contributed by atoms with Gasteiger partial charge in [0.1, 0.15) is 5.75 Å². The molecule has 21 heavy (non-hydrogen) atoms. The third-order valence-electron chi connectivity index (χ3n) is 4.01. The van der Waals surface area contributed by atoms with Gasteiger partial charge in [-0.05, 0) is 54.3 Å². The molecule has 0 unspecified atom stereocenters. The molecule has 2 aromatic carbocycles. The molecule has 1 heterocycles. The molecule has 0 aliphatic carbocycles. The van der Waals surface area contributed by atoms with Crippen molar-refractivity contribution in [2.45, 2.75) is 26.8 Å². The molecule has 0 aromatic heterocycles. The summed E-state index contributed by atoms with van der Waals surface area (Å²) in [5.74, 6) is 1.01. The van der Waals surface area contributed by atoms with Gasteiger partial charge >= 0.3 is 0 Å². The average molecular weight is 281 g/mol. The Kier molecular flexibility index (Phi) is 3.42. The lowest BCUT2D eigenvalue weighted by Crippen LogP contribution is -2.25. The zero-order valence-corrected chi connectivity index (χ0v) is 12.6. The van der Waals surface area contributed by atoms with Crippen LogP contribution < -0.4 is 9.64 Å². The van der Waals surface area contributed by atoms with Crippen molar-refractivity contribution in [3.8, 4) is 5.75 Å². The van der Waals surface area contributed by atoms with Gasteiger partial charge in [0.2, 0.25) is 5.91 Å². The molecule has 0 saturated heterocycles. The highest BCUT2D eigenvalue weighted by atomic mass is 16.5. The van der Waals surface area contributed by atoms with Crippen molar-refractivity contribution in [3.05, 3.63) is 58.7 Å². The number of nitrogens with zero attached hydrogens (tertiary/aromatic N) is 1. The number of carbonyl (C=O) groups excluding carboxylic acids is 1. The van der Waals surface area contributed by atoms with Crippen LogP contribution in [0.4, 0.5) is 5.69 Å². The average Bonchev–Trinajstić information content (AvgIpc) is 2.77. The number of rotatable bonds is 3. The maximum Gasteiger partial charge on any atom is 0.231 e. The molecule has 0 saturated carbocycles. The van der Waals surface area contributed by atoms with E-state index in [0.717, 1.165) is 17.0 Å². The number of benzene rings is 2. The highest BCUT2D eigenvalue weighted by Crippen LogP contribution is 2.33. The second kappa shape index (κ2) is 5.24. The molecule has 3 heteroatoms. The fraction of sp³-hybridized carbons (Fsp3) is 0.278. The molecule has 1 amide bonds. The number of hydrogen-bond acceptors (Lipinski definition) is 2. The summed E-state index contributed by atoms with van der Waals surface area (Å²) in [5, 5.41) is 0. The molecule has 0 fully saturated rings. The summed E-state index contributed by atoms with van der Waals surface area (Å²) in [6, 6.07) is 12.1. The molecule has 3 rings (SSSR count). The van der Waals surface area contributed by atoms with Crippen LogP contribution in [0.25, 0.3) is 0 Å². The lowest BCUT2D eigenvalue weighted by atomic mass is 10.0. The third-order valence-corrected chi connectivity index (χ3v) is 4.01. The van der Waals surface area contributed by atoms with E-state index in [1.807, 2.05) is 29.2 Å². The number of carbonyl (C=O) groups is 1. The minimum atomic E-state index is 0.175. The maximum absolute atomic E-state index is 12.3. The summed E-state index contributed by atoms with van der Waals surface area (Å²) in [5.41, 5.74) is 5.74. The zero-order valence-electron chi connectivity index (χ0n) is 12.6. The first-order valence-corrected chi connectivity index (χ1v) is 7.12. The summed E-state index contributed by atoms with van der Waals surface area (Å²) < 4.78 is 5.17. The maximum atomic E-state index is 12.3. The fourth-order valence-corrected chi connectivity index (χ4v) is 2.91. The Morgan fingerprint density at radius 2 is 1.86 bits per heavy atom. The Morgan fingerprint density at radius 3 is 2.52 bits per heavy atom. The van der Waals surface area contributed by atoms with Gasteiger partial charge in [-0.3, -0.25) is 4.79 Å². The van der Waals surface area contributed by atoms with Gasteiger partial charge in [0.05, 0.1) is 20.1 Å². The highest BCUT2D eigenvalue weighted by molar-refractivity contribution is 6.01. The van der Waals surface area contributed by atoms with Crippen molar-refractivity contribution in [1.82, 2.24) is 0 Å². The Bertz CT molecular complexity index is 689.